The molecule has 0 radical (unpaired) electrons. The van der Waals surface area contributed by atoms with Gasteiger partial charge in [-0.1, -0.05) is 23.7 Å². The van der Waals surface area contributed by atoms with E-state index in [4.69, 9.17) is 11.6 Å². The SMILES string of the molecule is Clc1cccc2cnc(I)nc12. The first-order valence-corrected chi connectivity index (χ1v) is 4.80. The summed E-state index contributed by atoms with van der Waals surface area (Å²) in [6.07, 6.45) is 1.77. The zero-order valence-electron chi connectivity index (χ0n) is 5.96. The number of hydrogen-bond donors (Lipinski definition) is 0. The summed E-state index contributed by atoms with van der Waals surface area (Å²) in [6, 6.07) is 5.66. The van der Waals surface area contributed by atoms with Crippen LogP contribution in [0.3, 0.4) is 0 Å². The van der Waals surface area contributed by atoms with Gasteiger partial charge in [0.1, 0.15) is 0 Å². The van der Waals surface area contributed by atoms with Crippen molar-refractivity contribution < 1.29 is 0 Å². The van der Waals surface area contributed by atoms with Gasteiger partial charge in [-0.15, -0.1) is 0 Å². The molecule has 0 fully saturated rings. The van der Waals surface area contributed by atoms with Crippen LogP contribution in [-0.4, -0.2) is 9.97 Å². The molecule has 0 N–H and O–H groups in total. The summed E-state index contributed by atoms with van der Waals surface area (Å²) >= 11 is 8.00. The maximum atomic E-state index is 5.94. The molecular formula is C8H4ClIN2. The maximum Gasteiger partial charge on any atom is 0.191 e. The van der Waals surface area contributed by atoms with E-state index in [-0.39, 0.29) is 0 Å². The number of para-hydroxylation sites is 1. The first kappa shape index (κ1) is 8.19. The number of aromatic nitrogens is 2. The number of benzene rings is 1. The highest BCUT2D eigenvalue weighted by Crippen LogP contribution is 2.20. The quantitative estimate of drug-likeness (QED) is 0.551. The van der Waals surface area contributed by atoms with Gasteiger partial charge in [0.05, 0.1) is 10.5 Å². The lowest BCUT2D eigenvalue weighted by atomic mass is 10.2. The fourth-order valence-electron chi connectivity index (χ4n) is 0.998. The molecule has 0 aliphatic carbocycles. The van der Waals surface area contributed by atoms with E-state index in [9.17, 15) is 0 Å². The van der Waals surface area contributed by atoms with E-state index in [1.165, 1.54) is 0 Å². The topological polar surface area (TPSA) is 25.8 Å². The highest BCUT2D eigenvalue weighted by Gasteiger charge is 2.00. The zero-order chi connectivity index (χ0) is 8.55. The molecule has 1 aromatic heterocycles. The van der Waals surface area contributed by atoms with E-state index in [1.54, 1.807) is 6.20 Å². The van der Waals surface area contributed by atoms with E-state index in [2.05, 4.69) is 32.6 Å². The molecule has 4 heteroatoms. The molecule has 0 spiro atoms. The molecule has 0 saturated heterocycles. The minimum atomic E-state index is 0.674. The maximum absolute atomic E-state index is 5.94. The summed E-state index contributed by atoms with van der Waals surface area (Å²) in [4.78, 5) is 8.28. The van der Waals surface area contributed by atoms with Crippen LogP contribution in [0.5, 0.6) is 0 Å². The third-order valence-electron chi connectivity index (χ3n) is 1.53. The summed E-state index contributed by atoms with van der Waals surface area (Å²) in [5, 5.41) is 1.65. The van der Waals surface area contributed by atoms with Crippen molar-refractivity contribution in [1.82, 2.24) is 9.97 Å². The lowest BCUT2D eigenvalue weighted by molar-refractivity contribution is 1.15. The molecule has 1 heterocycles. The smallest absolute Gasteiger partial charge is 0.191 e. The molecule has 0 bridgehead atoms. The van der Waals surface area contributed by atoms with Crippen molar-refractivity contribution in [3.63, 3.8) is 0 Å². The zero-order valence-corrected chi connectivity index (χ0v) is 8.87. The van der Waals surface area contributed by atoms with Crippen LogP contribution < -0.4 is 0 Å². The van der Waals surface area contributed by atoms with Crippen LogP contribution in [0.2, 0.25) is 5.02 Å². The van der Waals surface area contributed by atoms with Crippen LogP contribution in [0.1, 0.15) is 0 Å². The molecule has 2 aromatic rings. The second-order valence-electron chi connectivity index (χ2n) is 2.32. The summed E-state index contributed by atoms with van der Waals surface area (Å²) in [5.41, 5.74) is 0.818. The van der Waals surface area contributed by atoms with E-state index in [0.29, 0.717) is 8.85 Å². The minimum absolute atomic E-state index is 0.674. The Morgan fingerprint density at radius 2 is 2.17 bits per heavy atom. The highest BCUT2D eigenvalue weighted by molar-refractivity contribution is 14.1. The Morgan fingerprint density at radius 3 is 3.00 bits per heavy atom. The molecule has 60 valence electrons. The molecule has 2 nitrogen and oxygen atoms in total. The van der Waals surface area contributed by atoms with Crippen LogP contribution in [0.15, 0.2) is 24.4 Å². The average Bonchev–Trinajstić information content (AvgIpc) is 2.07. The van der Waals surface area contributed by atoms with Gasteiger partial charge < -0.3 is 0 Å². The van der Waals surface area contributed by atoms with Crippen LogP contribution in [0, 0.1) is 3.83 Å². The Morgan fingerprint density at radius 1 is 1.33 bits per heavy atom. The molecule has 2 rings (SSSR count). The monoisotopic (exact) mass is 290 g/mol. The van der Waals surface area contributed by atoms with E-state index in [1.807, 2.05) is 18.2 Å². The molecule has 0 aliphatic rings. The van der Waals surface area contributed by atoms with E-state index in [0.717, 1.165) is 10.9 Å². The highest BCUT2D eigenvalue weighted by atomic mass is 127. The van der Waals surface area contributed by atoms with Gasteiger partial charge in [-0.05, 0) is 6.07 Å². The number of hydrogen-bond acceptors (Lipinski definition) is 2. The first-order chi connectivity index (χ1) is 5.77. The third-order valence-corrected chi connectivity index (χ3v) is 2.36. The molecule has 12 heavy (non-hydrogen) atoms. The van der Waals surface area contributed by atoms with Crippen LogP contribution in [0.25, 0.3) is 10.9 Å². The predicted molar refractivity (Wildman–Crippen MR) is 57.3 cm³/mol. The van der Waals surface area contributed by atoms with Crippen LogP contribution in [-0.2, 0) is 0 Å². The molecule has 0 atom stereocenters. The van der Waals surface area contributed by atoms with Crippen LogP contribution in [0.4, 0.5) is 0 Å². The predicted octanol–water partition coefficient (Wildman–Crippen LogP) is 2.89. The molecule has 0 saturated carbocycles. The van der Waals surface area contributed by atoms with Crippen LogP contribution >= 0.6 is 34.2 Å². The number of fused-ring (bicyclic) bond motifs is 1. The molecule has 0 aliphatic heterocycles. The Balaban J connectivity index is 2.88. The first-order valence-electron chi connectivity index (χ1n) is 3.34. The van der Waals surface area contributed by atoms with Crippen molar-refractivity contribution in [3.05, 3.63) is 33.2 Å². The Kier molecular flexibility index (Phi) is 2.14. The van der Waals surface area contributed by atoms with Crippen molar-refractivity contribution in [2.24, 2.45) is 0 Å². The standard InChI is InChI=1S/C8H4ClIN2/c9-6-3-1-2-5-4-11-8(10)12-7(5)6/h1-4H. The second-order valence-corrected chi connectivity index (χ2v) is 3.69. The van der Waals surface area contributed by atoms with Crippen molar-refractivity contribution >= 4 is 45.1 Å². The second kappa shape index (κ2) is 3.14. The Bertz CT molecular complexity index is 430. The minimum Gasteiger partial charge on any atom is -0.231 e. The van der Waals surface area contributed by atoms with Crippen molar-refractivity contribution in [2.45, 2.75) is 0 Å². The molecule has 1 aromatic carbocycles. The molecule has 0 unspecified atom stereocenters. The normalized spacial score (nSPS) is 10.5. The van der Waals surface area contributed by atoms with E-state index < -0.39 is 0 Å². The summed E-state index contributed by atoms with van der Waals surface area (Å²) in [7, 11) is 0. The largest absolute Gasteiger partial charge is 0.231 e. The van der Waals surface area contributed by atoms with Gasteiger partial charge in [0, 0.05) is 34.2 Å². The average molecular weight is 290 g/mol. The van der Waals surface area contributed by atoms with Gasteiger partial charge in [0.15, 0.2) is 3.83 Å². The third kappa shape index (κ3) is 1.38. The number of halogens is 2. The Labute approximate surface area is 88.1 Å². The summed E-state index contributed by atoms with van der Waals surface area (Å²) < 4.78 is 0.716. The lowest BCUT2D eigenvalue weighted by Crippen LogP contribution is -1.87. The van der Waals surface area contributed by atoms with Crippen molar-refractivity contribution in [1.29, 1.82) is 0 Å². The fraction of sp³-hybridized carbons (Fsp3) is 0. The van der Waals surface area contributed by atoms with Gasteiger partial charge in [0.25, 0.3) is 0 Å². The van der Waals surface area contributed by atoms with Crippen molar-refractivity contribution in [2.75, 3.05) is 0 Å². The lowest BCUT2D eigenvalue weighted by Gasteiger charge is -1.97. The number of rotatable bonds is 0. The van der Waals surface area contributed by atoms with Gasteiger partial charge in [-0.3, -0.25) is 0 Å². The fourth-order valence-corrected chi connectivity index (χ4v) is 1.60. The summed E-state index contributed by atoms with van der Waals surface area (Å²) in [5.74, 6) is 0. The summed E-state index contributed by atoms with van der Waals surface area (Å²) in [6.45, 7) is 0. The Hall–Kier alpha value is -0.420. The van der Waals surface area contributed by atoms with E-state index >= 15 is 0 Å². The van der Waals surface area contributed by atoms with Gasteiger partial charge in [0.2, 0.25) is 0 Å². The van der Waals surface area contributed by atoms with Crippen molar-refractivity contribution in [3.8, 4) is 0 Å². The van der Waals surface area contributed by atoms with Gasteiger partial charge >= 0.3 is 0 Å². The molecule has 0 amide bonds. The van der Waals surface area contributed by atoms with Gasteiger partial charge in [-0.25, -0.2) is 9.97 Å². The molecular weight excluding hydrogens is 286 g/mol. The number of nitrogens with zero attached hydrogens (tertiary/aromatic N) is 2. The van der Waals surface area contributed by atoms with Gasteiger partial charge in [-0.2, -0.15) is 0 Å².